The Kier molecular flexibility index (Phi) is 7.60. The largest absolute Gasteiger partial charge is 0.457 e. The second kappa shape index (κ2) is 10.5. The first-order valence-electron chi connectivity index (χ1n) is 16.2. The van der Waals surface area contributed by atoms with Gasteiger partial charge in [-0.1, -0.05) is 26.8 Å². The molecule has 1 N–H and O–H groups in total. The van der Waals surface area contributed by atoms with E-state index in [2.05, 4.69) is 27.4 Å². The lowest BCUT2D eigenvalue weighted by Crippen LogP contribution is -2.56. The van der Waals surface area contributed by atoms with Gasteiger partial charge in [0.2, 0.25) is 6.29 Å². The molecule has 6 fully saturated rings. The molecule has 8 nitrogen and oxygen atoms in total. The highest BCUT2D eigenvalue weighted by Gasteiger charge is 2.82. The Morgan fingerprint density at radius 1 is 1.10 bits per heavy atom. The highest BCUT2D eigenvalue weighted by Crippen LogP contribution is 2.87. The fourth-order valence-corrected chi connectivity index (χ4v) is 11.6. The summed E-state index contributed by atoms with van der Waals surface area (Å²) in [7, 11) is 0. The minimum Gasteiger partial charge on any atom is -0.457 e. The van der Waals surface area contributed by atoms with Gasteiger partial charge in [-0.2, -0.15) is 0 Å². The zero-order valence-electron chi connectivity index (χ0n) is 26.0. The molecule has 0 aromatic carbocycles. The van der Waals surface area contributed by atoms with Crippen LogP contribution in [0, 0.1) is 45.3 Å². The first-order chi connectivity index (χ1) is 19.9. The number of aliphatic hydroxyl groups excluding tert-OH is 1. The van der Waals surface area contributed by atoms with Crippen molar-refractivity contribution in [1.29, 1.82) is 0 Å². The van der Waals surface area contributed by atoms with Gasteiger partial charge >= 0.3 is 5.97 Å². The molecule has 0 aromatic heterocycles. The van der Waals surface area contributed by atoms with Crippen LogP contribution in [0.5, 0.6) is 0 Å². The number of hydrogen-bond acceptors (Lipinski definition) is 8. The molecule has 1 heterocycles. The predicted octanol–water partition coefficient (Wildman–Crippen LogP) is 4.80. The molecule has 0 aromatic rings. The van der Waals surface area contributed by atoms with E-state index in [1.165, 1.54) is 13.3 Å². The predicted molar refractivity (Wildman–Crippen MR) is 154 cm³/mol. The minimum absolute atomic E-state index is 0.0112. The second-order valence-electron chi connectivity index (χ2n) is 15.3. The van der Waals surface area contributed by atoms with Crippen molar-refractivity contribution >= 4 is 18.0 Å². The van der Waals surface area contributed by atoms with E-state index in [1.54, 1.807) is 13.0 Å². The molecular weight excluding hydrogens is 536 g/mol. The van der Waals surface area contributed by atoms with Gasteiger partial charge in [0.15, 0.2) is 18.2 Å². The van der Waals surface area contributed by atoms with Gasteiger partial charge in [-0.05, 0) is 104 Å². The maximum Gasteiger partial charge on any atom is 0.303 e. The summed E-state index contributed by atoms with van der Waals surface area (Å²) in [5.74, 6) is 0.791. The average Bonchev–Trinajstić information content (AvgIpc) is 3.56. The lowest BCUT2D eigenvalue weighted by Gasteiger charge is -2.59. The average molecular weight is 587 g/mol. The molecule has 0 amide bonds. The van der Waals surface area contributed by atoms with Crippen molar-refractivity contribution in [2.45, 2.75) is 129 Å². The lowest BCUT2D eigenvalue weighted by atomic mass is 9.46. The van der Waals surface area contributed by atoms with Crippen LogP contribution in [0.4, 0.5) is 0 Å². The Morgan fingerprint density at radius 3 is 2.50 bits per heavy atom. The highest BCUT2D eigenvalue weighted by atomic mass is 16.7. The van der Waals surface area contributed by atoms with Gasteiger partial charge in [-0.25, -0.2) is 0 Å². The third-order valence-electron chi connectivity index (χ3n) is 13.3. The number of rotatable bonds is 9. The zero-order valence-corrected chi connectivity index (χ0v) is 26.0. The van der Waals surface area contributed by atoms with Crippen LogP contribution in [0.3, 0.4) is 0 Å². The molecular formula is C34H50O8. The van der Waals surface area contributed by atoms with Crippen LogP contribution in [0.1, 0.15) is 92.4 Å². The van der Waals surface area contributed by atoms with Crippen molar-refractivity contribution in [3.8, 4) is 0 Å². The van der Waals surface area contributed by atoms with Crippen molar-refractivity contribution < 1.29 is 38.4 Å². The third-order valence-corrected chi connectivity index (χ3v) is 13.3. The van der Waals surface area contributed by atoms with Crippen molar-refractivity contribution in [3.63, 3.8) is 0 Å². The van der Waals surface area contributed by atoms with Crippen molar-refractivity contribution in [2.75, 3.05) is 6.61 Å². The van der Waals surface area contributed by atoms with Gasteiger partial charge in [-0.3, -0.25) is 14.4 Å². The highest BCUT2D eigenvalue weighted by molar-refractivity contribution is 5.90. The number of carbonyl (C=O) groups is 3. The lowest BCUT2D eigenvalue weighted by molar-refractivity contribution is -0.215. The van der Waals surface area contributed by atoms with Crippen LogP contribution in [-0.4, -0.2) is 66.6 Å². The summed E-state index contributed by atoms with van der Waals surface area (Å²) in [6.45, 7) is 13.9. The first kappa shape index (κ1) is 30.4. The smallest absolute Gasteiger partial charge is 0.303 e. The SMILES string of the molecule is C=CCOC(C=O)OC1CCC23CC24CCC2(C)C5CCC(C(OC(C)=O)C(C)O)OC5C(=O)C2C4CCC3C1(C)C. The van der Waals surface area contributed by atoms with Gasteiger partial charge in [0.25, 0.3) is 0 Å². The number of aldehydes is 1. The van der Waals surface area contributed by atoms with E-state index >= 15 is 0 Å². The van der Waals surface area contributed by atoms with E-state index in [1.807, 2.05) is 0 Å². The van der Waals surface area contributed by atoms with Crippen LogP contribution in [0.2, 0.25) is 0 Å². The molecule has 8 heteroatoms. The number of ether oxygens (including phenoxy) is 4. The molecule has 6 rings (SSSR count). The second-order valence-corrected chi connectivity index (χ2v) is 15.3. The summed E-state index contributed by atoms with van der Waals surface area (Å²) in [4.78, 5) is 37.8. The Hall–Kier alpha value is -1.61. The van der Waals surface area contributed by atoms with E-state index in [0.29, 0.717) is 18.3 Å². The quantitative estimate of drug-likeness (QED) is 0.178. The van der Waals surface area contributed by atoms with Crippen LogP contribution in [0.25, 0.3) is 0 Å². The number of esters is 1. The van der Waals surface area contributed by atoms with E-state index in [-0.39, 0.29) is 52.0 Å². The van der Waals surface area contributed by atoms with Crippen LogP contribution in [0.15, 0.2) is 12.7 Å². The minimum atomic E-state index is -0.876. The van der Waals surface area contributed by atoms with Crippen molar-refractivity contribution in [3.05, 3.63) is 12.7 Å². The number of hydrogen-bond donors (Lipinski definition) is 1. The van der Waals surface area contributed by atoms with Gasteiger partial charge < -0.3 is 24.1 Å². The summed E-state index contributed by atoms with van der Waals surface area (Å²) in [5, 5.41) is 10.4. The molecule has 0 radical (unpaired) electrons. The van der Waals surface area contributed by atoms with E-state index in [0.717, 1.165) is 51.2 Å². The Labute approximate surface area is 250 Å². The number of fused-ring (bicyclic) bond motifs is 4. The molecule has 5 aliphatic carbocycles. The van der Waals surface area contributed by atoms with Gasteiger partial charge in [0, 0.05) is 12.8 Å². The molecule has 1 saturated heterocycles. The summed E-state index contributed by atoms with van der Waals surface area (Å²) in [5.41, 5.74) is 0.219. The Morgan fingerprint density at radius 2 is 1.83 bits per heavy atom. The molecule has 6 aliphatic rings. The topological polar surface area (TPSA) is 108 Å². The third kappa shape index (κ3) is 4.25. The molecule has 42 heavy (non-hydrogen) atoms. The molecule has 1 aliphatic heterocycles. The van der Waals surface area contributed by atoms with Gasteiger partial charge in [-0.15, -0.1) is 6.58 Å². The first-order valence-corrected chi connectivity index (χ1v) is 16.2. The van der Waals surface area contributed by atoms with Crippen LogP contribution >= 0.6 is 0 Å². The van der Waals surface area contributed by atoms with E-state index in [4.69, 9.17) is 18.9 Å². The Balaban J connectivity index is 1.22. The normalized spacial score (nSPS) is 46.9. The fraction of sp³-hybridized carbons (Fsp3) is 0.853. The van der Waals surface area contributed by atoms with Crippen LogP contribution in [-0.2, 0) is 33.3 Å². The Bertz CT molecular complexity index is 1120. The fourth-order valence-electron chi connectivity index (χ4n) is 11.6. The zero-order chi connectivity index (χ0) is 30.2. The molecule has 5 saturated carbocycles. The van der Waals surface area contributed by atoms with Gasteiger partial charge in [0.1, 0.15) is 6.10 Å². The standard InChI is InChI=1S/C34H50O8/c1-7-16-39-26(17-35)42-25-12-13-34-18-33(34)15-14-32(6)22-8-10-23(29(19(2)36)40-20(3)37)41-30(22)28(38)27(32)21(33)9-11-24(34)31(25,4)5/h7,17,19,21-27,29-30,36H,1,8-16,18H2,2-6H3. The summed E-state index contributed by atoms with van der Waals surface area (Å²) >= 11 is 0. The van der Waals surface area contributed by atoms with Gasteiger partial charge in [0.05, 0.1) is 24.9 Å². The molecule has 13 atom stereocenters. The molecule has 0 bridgehead atoms. The summed E-state index contributed by atoms with van der Waals surface area (Å²) in [6, 6.07) is 0. The number of Topliss-reactive ketones (excluding diaryl/α,β-unsaturated/α-hetero) is 1. The number of ketones is 1. The maximum absolute atomic E-state index is 14.4. The molecule has 13 unspecified atom stereocenters. The van der Waals surface area contributed by atoms with Crippen molar-refractivity contribution in [1.82, 2.24) is 0 Å². The molecule has 2 spiro atoms. The maximum atomic E-state index is 14.4. The monoisotopic (exact) mass is 586 g/mol. The summed E-state index contributed by atoms with van der Waals surface area (Å²) in [6.07, 6.45) is 7.81. The number of carbonyl (C=O) groups excluding carboxylic acids is 3. The number of aliphatic hydroxyl groups is 1. The van der Waals surface area contributed by atoms with E-state index in [9.17, 15) is 19.5 Å². The van der Waals surface area contributed by atoms with E-state index < -0.39 is 36.7 Å². The van der Waals surface area contributed by atoms with Crippen molar-refractivity contribution in [2.24, 2.45) is 45.3 Å². The van der Waals surface area contributed by atoms with Crippen LogP contribution < -0.4 is 0 Å². The molecule has 234 valence electrons. The summed E-state index contributed by atoms with van der Waals surface area (Å²) < 4.78 is 23.8.